The van der Waals surface area contributed by atoms with E-state index in [1.54, 1.807) is 6.20 Å². The van der Waals surface area contributed by atoms with Crippen LogP contribution in [0.3, 0.4) is 0 Å². The summed E-state index contributed by atoms with van der Waals surface area (Å²) in [4.78, 5) is 11.2. The highest BCUT2D eigenvalue weighted by Crippen LogP contribution is 2.29. The van der Waals surface area contributed by atoms with Gasteiger partial charge in [-0.15, -0.1) is 0 Å². The van der Waals surface area contributed by atoms with E-state index < -0.39 is 0 Å². The van der Waals surface area contributed by atoms with Crippen molar-refractivity contribution in [3.63, 3.8) is 0 Å². The van der Waals surface area contributed by atoms with Crippen molar-refractivity contribution in [1.29, 1.82) is 0 Å². The van der Waals surface area contributed by atoms with Crippen LogP contribution in [0.4, 0.5) is 17.5 Å². The second-order valence-corrected chi connectivity index (χ2v) is 6.90. The minimum absolute atomic E-state index is 0.444. The summed E-state index contributed by atoms with van der Waals surface area (Å²) >= 11 is 0. The lowest BCUT2D eigenvalue weighted by molar-refractivity contribution is 0.862. The van der Waals surface area contributed by atoms with E-state index in [0.717, 1.165) is 18.1 Å². The Morgan fingerprint density at radius 2 is 1.77 bits per heavy atom. The van der Waals surface area contributed by atoms with Crippen molar-refractivity contribution in [3.8, 4) is 0 Å². The summed E-state index contributed by atoms with van der Waals surface area (Å²) in [5.41, 5.74) is 4.88. The molecule has 0 fully saturated rings. The molecule has 0 unspecified atom stereocenters. The molecule has 1 aromatic heterocycles. The van der Waals surface area contributed by atoms with E-state index in [4.69, 9.17) is 4.98 Å². The van der Waals surface area contributed by atoms with Gasteiger partial charge in [0.05, 0.1) is 0 Å². The number of benzene rings is 2. The van der Waals surface area contributed by atoms with Gasteiger partial charge in [-0.3, -0.25) is 0 Å². The lowest BCUT2D eigenvalue weighted by Crippen LogP contribution is -2.19. The number of hydrogen-bond donors (Lipinski definition) is 1. The third kappa shape index (κ3) is 4.20. The van der Waals surface area contributed by atoms with Crippen LogP contribution in [-0.2, 0) is 6.54 Å². The van der Waals surface area contributed by atoms with E-state index in [2.05, 4.69) is 66.3 Å². The zero-order valence-electron chi connectivity index (χ0n) is 15.9. The minimum atomic E-state index is 0.444. The summed E-state index contributed by atoms with van der Waals surface area (Å²) in [7, 11) is 2.01. The number of nitrogens with one attached hydrogen (secondary N) is 1. The van der Waals surface area contributed by atoms with Gasteiger partial charge in [-0.2, -0.15) is 4.98 Å². The molecule has 3 aromatic rings. The Balaban J connectivity index is 1.82. The third-order valence-electron chi connectivity index (χ3n) is 4.43. The molecule has 0 spiro atoms. The van der Waals surface area contributed by atoms with Gasteiger partial charge in [0.25, 0.3) is 0 Å². The maximum atomic E-state index is 4.71. The van der Waals surface area contributed by atoms with Gasteiger partial charge in [-0.05, 0) is 35.6 Å². The number of anilines is 3. The fraction of sp³-hybridized carbons (Fsp3) is 0.273. The van der Waals surface area contributed by atoms with Crippen LogP contribution in [-0.4, -0.2) is 17.0 Å². The molecule has 0 atom stereocenters. The average Bonchev–Trinajstić information content (AvgIpc) is 2.64. The predicted octanol–water partition coefficient (Wildman–Crippen LogP) is 5.29. The first-order valence-corrected chi connectivity index (χ1v) is 8.99. The second kappa shape index (κ2) is 8.00. The Hall–Kier alpha value is -2.88. The SMILES string of the molecule is Cc1cccc(C(C)C)c1Nc1ccnc(N(C)Cc2ccccc2)n1. The summed E-state index contributed by atoms with van der Waals surface area (Å²) in [6.07, 6.45) is 1.81. The quantitative estimate of drug-likeness (QED) is 0.658. The first kappa shape index (κ1) is 17.9. The smallest absolute Gasteiger partial charge is 0.227 e. The van der Waals surface area contributed by atoms with Gasteiger partial charge in [0, 0.05) is 25.5 Å². The Morgan fingerprint density at radius 1 is 1.00 bits per heavy atom. The monoisotopic (exact) mass is 346 g/mol. The number of rotatable bonds is 6. The first-order valence-electron chi connectivity index (χ1n) is 8.99. The van der Waals surface area contributed by atoms with Crippen LogP contribution < -0.4 is 10.2 Å². The third-order valence-corrected chi connectivity index (χ3v) is 4.43. The van der Waals surface area contributed by atoms with E-state index in [9.17, 15) is 0 Å². The largest absolute Gasteiger partial charge is 0.340 e. The van der Waals surface area contributed by atoms with Crippen molar-refractivity contribution in [2.75, 3.05) is 17.3 Å². The van der Waals surface area contributed by atoms with Gasteiger partial charge in [0.15, 0.2) is 0 Å². The fourth-order valence-electron chi connectivity index (χ4n) is 3.00. The molecule has 3 rings (SSSR count). The van der Waals surface area contributed by atoms with Crippen LogP contribution >= 0.6 is 0 Å². The van der Waals surface area contributed by atoms with Crippen molar-refractivity contribution in [1.82, 2.24) is 9.97 Å². The molecular formula is C22H26N4. The Labute approximate surface area is 155 Å². The van der Waals surface area contributed by atoms with E-state index >= 15 is 0 Å². The minimum Gasteiger partial charge on any atom is -0.340 e. The maximum Gasteiger partial charge on any atom is 0.227 e. The molecule has 2 aromatic carbocycles. The van der Waals surface area contributed by atoms with Crippen LogP contribution in [0, 0.1) is 6.92 Å². The van der Waals surface area contributed by atoms with Gasteiger partial charge < -0.3 is 10.2 Å². The Bertz CT molecular complexity index is 859. The van der Waals surface area contributed by atoms with Crippen molar-refractivity contribution in [2.45, 2.75) is 33.2 Å². The molecule has 1 N–H and O–H groups in total. The molecule has 0 bridgehead atoms. The number of para-hydroxylation sites is 1. The molecule has 0 aliphatic rings. The molecule has 0 saturated carbocycles. The van der Waals surface area contributed by atoms with Gasteiger partial charge in [-0.25, -0.2) is 4.98 Å². The van der Waals surface area contributed by atoms with E-state index in [-0.39, 0.29) is 0 Å². The predicted molar refractivity (Wildman–Crippen MR) is 109 cm³/mol. The van der Waals surface area contributed by atoms with E-state index in [0.29, 0.717) is 11.9 Å². The summed E-state index contributed by atoms with van der Waals surface area (Å²) < 4.78 is 0. The van der Waals surface area contributed by atoms with Gasteiger partial charge in [0.1, 0.15) is 5.82 Å². The molecule has 134 valence electrons. The van der Waals surface area contributed by atoms with Crippen LogP contribution in [0.5, 0.6) is 0 Å². The molecule has 26 heavy (non-hydrogen) atoms. The highest BCUT2D eigenvalue weighted by atomic mass is 15.2. The van der Waals surface area contributed by atoms with Crippen LogP contribution in [0.15, 0.2) is 60.8 Å². The second-order valence-electron chi connectivity index (χ2n) is 6.90. The molecule has 0 amide bonds. The molecule has 0 aliphatic heterocycles. The normalized spacial score (nSPS) is 10.8. The molecule has 4 heteroatoms. The number of nitrogens with zero attached hydrogens (tertiary/aromatic N) is 3. The van der Waals surface area contributed by atoms with Crippen LogP contribution in [0.1, 0.15) is 36.5 Å². The molecule has 0 saturated heterocycles. The number of aryl methyl sites for hydroxylation is 1. The molecule has 1 heterocycles. The maximum absolute atomic E-state index is 4.71. The van der Waals surface area contributed by atoms with Gasteiger partial charge in [0.2, 0.25) is 5.95 Å². The van der Waals surface area contributed by atoms with E-state index in [1.165, 1.54) is 16.7 Å². The van der Waals surface area contributed by atoms with Crippen molar-refractivity contribution >= 4 is 17.5 Å². The lowest BCUT2D eigenvalue weighted by Gasteiger charge is -2.19. The zero-order valence-corrected chi connectivity index (χ0v) is 15.9. The fourth-order valence-corrected chi connectivity index (χ4v) is 3.00. The van der Waals surface area contributed by atoms with Gasteiger partial charge >= 0.3 is 0 Å². The molecular weight excluding hydrogens is 320 g/mol. The topological polar surface area (TPSA) is 41.1 Å². The first-order chi connectivity index (χ1) is 12.5. The zero-order chi connectivity index (χ0) is 18.5. The highest BCUT2D eigenvalue weighted by Gasteiger charge is 2.11. The summed E-state index contributed by atoms with van der Waals surface area (Å²) in [5.74, 6) is 1.96. The Kier molecular flexibility index (Phi) is 5.52. The standard InChI is InChI=1S/C22H26N4/c1-16(2)19-12-8-9-17(3)21(19)24-20-13-14-23-22(25-20)26(4)15-18-10-6-5-7-11-18/h5-14,16H,15H2,1-4H3,(H,23,24,25). The molecule has 0 aliphatic carbocycles. The number of hydrogen-bond acceptors (Lipinski definition) is 4. The van der Waals surface area contributed by atoms with Crippen molar-refractivity contribution in [2.24, 2.45) is 0 Å². The summed E-state index contributed by atoms with van der Waals surface area (Å²) in [6, 6.07) is 18.7. The summed E-state index contributed by atoms with van der Waals surface area (Å²) in [5, 5.41) is 3.50. The summed E-state index contributed by atoms with van der Waals surface area (Å²) in [6.45, 7) is 7.31. The van der Waals surface area contributed by atoms with E-state index in [1.807, 2.05) is 31.3 Å². The Morgan fingerprint density at radius 3 is 2.50 bits per heavy atom. The van der Waals surface area contributed by atoms with Crippen LogP contribution in [0.25, 0.3) is 0 Å². The number of aromatic nitrogens is 2. The van der Waals surface area contributed by atoms with Crippen molar-refractivity contribution < 1.29 is 0 Å². The average molecular weight is 346 g/mol. The van der Waals surface area contributed by atoms with Crippen molar-refractivity contribution in [3.05, 3.63) is 77.5 Å². The van der Waals surface area contributed by atoms with Crippen LogP contribution in [0.2, 0.25) is 0 Å². The lowest BCUT2D eigenvalue weighted by atomic mass is 9.98. The van der Waals surface area contributed by atoms with Gasteiger partial charge in [-0.1, -0.05) is 62.4 Å². The molecule has 4 nitrogen and oxygen atoms in total. The molecule has 0 radical (unpaired) electrons. The highest BCUT2D eigenvalue weighted by molar-refractivity contribution is 5.66.